The maximum atomic E-state index is 9.02. The first-order chi connectivity index (χ1) is 16.6. The molecular formula is C24H25BN2O7. The molecule has 0 radical (unpaired) electrons. The lowest BCUT2D eigenvalue weighted by Gasteiger charge is -2.05. The molecule has 4 aromatic rings. The van der Waals surface area contributed by atoms with E-state index in [9.17, 15) is 0 Å². The topological polar surface area (TPSA) is 145 Å². The van der Waals surface area contributed by atoms with Gasteiger partial charge in [0.2, 0.25) is 11.8 Å². The van der Waals surface area contributed by atoms with Crippen LogP contribution in [0.25, 0.3) is 0 Å². The van der Waals surface area contributed by atoms with Crippen molar-refractivity contribution >= 4 is 12.6 Å². The smallest absolute Gasteiger partial charge is 0.490 e. The van der Waals surface area contributed by atoms with E-state index in [2.05, 4.69) is 9.97 Å². The molecule has 0 bridgehead atoms. The average Bonchev–Trinajstić information content (AvgIpc) is 2.90. The zero-order chi connectivity index (χ0) is 24.6. The molecule has 0 fully saturated rings. The number of aromatic hydroxyl groups is 1. The molecule has 0 aliphatic carbocycles. The molecule has 5 N–H and O–H groups in total. The van der Waals surface area contributed by atoms with Crippen molar-refractivity contribution < 1.29 is 35.1 Å². The van der Waals surface area contributed by atoms with E-state index in [4.69, 9.17) is 35.1 Å². The normalized spacial score (nSPS) is 9.53. The van der Waals surface area contributed by atoms with Gasteiger partial charge in [-0.05, 0) is 23.3 Å². The van der Waals surface area contributed by atoms with Gasteiger partial charge in [-0.25, -0.2) is 9.97 Å². The van der Waals surface area contributed by atoms with Crippen LogP contribution in [0, 0.1) is 0 Å². The Hall–Kier alpha value is -3.96. The van der Waals surface area contributed by atoms with Gasteiger partial charge in [0.1, 0.15) is 19.0 Å². The minimum Gasteiger partial charge on any atom is -0.506 e. The molecule has 0 spiro atoms. The number of benzene rings is 2. The van der Waals surface area contributed by atoms with Gasteiger partial charge in [-0.2, -0.15) is 0 Å². The molecule has 0 aliphatic rings. The third-order valence-corrected chi connectivity index (χ3v) is 4.24. The van der Waals surface area contributed by atoms with Crippen LogP contribution >= 0.6 is 0 Å². The minimum atomic E-state index is -1.49. The standard InChI is InChI=1S/C12H12BNO3.C12H11NO2.H2O2/c15-13(16)11-6-7-12(14-8-11)17-9-10-4-2-1-3-5-10;14-11-6-7-12(13-8-11)15-9-10-4-2-1-3-5-10;1-2/h1-8,15-16H,9H2;1-8,14H,9H2;1-2H. The number of nitrogens with zero attached hydrogens (tertiary/aromatic N) is 2. The Morgan fingerprint density at radius 1 is 0.618 bits per heavy atom. The molecule has 0 aliphatic heterocycles. The molecule has 0 amide bonds. The Kier molecular flexibility index (Phi) is 11.6. The van der Waals surface area contributed by atoms with Gasteiger partial charge in [0.15, 0.2) is 0 Å². The molecule has 2 heterocycles. The maximum absolute atomic E-state index is 9.02. The van der Waals surface area contributed by atoms with Crippen LogP contribution in [-0.2, 0) is 13.2 Å². The molecule has 176 valence electrons. The van der Waals surface area contributed by atoms with Crippen molar-refractivity contribution in [3.8, 4) is 17.5 Å². The monoisotopic (exact) mass is 464 g/mol. The van der Waals surface area contributed by atoms with Crippen LogP contribution in [-0.4, -0.2) is 42.8 Å². The first-order valence-corrected chi connectivity index (χ1v) is 10.1. The van der Waals surface area contributed by atoms with E-state index in [0.717, 1.165) is 11.1 Å². The third kappa shape index (κ3) is 9.68. The first-order valence-electron chi connectivity index (χ1n) is 10.1. The van der Waals surface area contributed by atoms with E-state index in [1.165, 1.54) is 12.4 Å². The Morgan fingerprint density at radius 3 is 1.47 bits per heavy atom. The number of aromatic nitrogens is 2. The van der Waals surface area contributed by atoms with E-state index in [1.807, 2.05) is 60.7 Å². The lowest BCUT2D eigenvalue weighted by Crippen LogP contribution is -2.29. The van der Waals surface area contributed by atoms with Crippen molar-refractivity contribution in [2.45, 2.75) is 13.2 Å². The Bertz CT molecular complexity index is 1050. The summed E-state index contributed by atoms with van der Waals surface area (Å²) < 4.78 is 10.9. The highest BCUT2D eigenvalue weighted by molar-refractivity contribution is 6.58. The van der Waals surface area contributed by atoms with E-state index in [-0.39, 0.29) is 5.75 Å². The molecule has 34 heavy (non-hydrogen) atoms. The SMILES string of the molecule is OB(O)c1ccc(OCc2ccccc2)nc1.OO.Oc1ccc(OCc2ccccc2)nc1. The quantitative estimate of drug-likeness (QED) is 0.158. The van der Waals surface area contributed by atoms with Gasteiger partial charge in [0.25, 0.3) is 0 Å². The predicted molar refractivity (Wildman–Crippen MR) is 127 cm³/mol. The Morgan fingerprint density at radius 2 is 1.09 bits per heavy atom. The van der Waals surface area contributed by atoms with E-state index in [0.29, 0.717) is 30.4 Å². The maximum Gasteiger partial charge on any atom is 0.490 e. The summed E-state index contributed by atoms with van der Waals surface area (Å²) in [7, 11) is -1.49. The summed E-state index contributed by atoms with van der Waals surface area (Å²) in [5.74, 6) is 1.11. The molecule has 10 heteroatoms. The van der Waals surface area contributed by atoms with Crippen LogP contribution < -0.4 is 14.9 Å². The minimum absolute atomic E-state index is 0.141. The van der Waals surface area contributed by atoms with Crippen molar-refractivity contribution in [3.63, 3.8) is 0 Å². The molecule has 0 unspecified atom stereocenters. The first kappa shape index (κ1) is 26.3. The molecular weight excluding hydrogens is 439 g/mol. The highest BCUT2D eigenvalue weighted by Gasteiger charge is 2.10. The molecule has 2 aromatic heterocycles. The summed E-state index contributed by atoms with van der Waals surface area (Å²) in [5.41, 5.74) is 2.49. The van der Waals surface area contributed by atoms with Crippen LogP contribution in [0.1, 0.15) is 11.1 Å². The van der Waals surface area contributed by atoms with Crippen LogP contribution in [0.2, 0.25) is 0 Å². The fourth-order valence-electron chi connectivity index (χ4n) is 2.55. The van der Waals surface area contributed by atoms with E-state index >= 15 is 0 Å². The van der Waals surface area contributed by atoms with E-state index in [1.54, 1.807) is 24.3 Å². The van der Waals surface area contributed by atoms with Gasteiger partial charge in [0.05, 0.1) is 6.20 Å². The number of hydrogen-bond donors (Lipinski definition) is 5. The summed E-state index contributed by atoms with van der Waals surface area (Å²) in [6.07, 6.45) is 2.74. The van der Waals surface area contributed by atoms with Gasteiger partial charge in [-0.3, -0.25) is 10.5 Å². The second kappa shape index (κ2) is 15.0. The number of hydrogen-bond acceptors (Lipinski definition) is 9. The lowest BCUT2D eigenvalue weighted by molar-refractivity contribution is -0.176. The Labute approximate surface area is 197 Å². The second-order valence-corrected chi connectivity index (χ2v) is 6.71. The highest BCUT2D eigenvalue weighted by atomic mass is 17.0. The van der Waals surface area contributed by atoms with Crippen molar-refractivity contribution in [2.75, 3.05) is 0 Å². The van der Waals surface area contributed by atoms with E-state index < -0.39 is 7.12 Å². The number of pyridine rings is 2. The summed E-state index contributed by atoms with van der Waals surface area (Å²) in [5, 5.41) is 38.8. The molecule has 0 saturated carbocycles. The molecule has 2 aromatic carbocycles. The molecule has 4 rings (SSSR count). The van der Waals surface area contributed by atoms with Crippen LogP contribution in [0.3, 0.4) is 0 Å². The van der Waals surface area contributed by atoms with Crippen molar-refractivity contribution in [3.05, 3.63) is 108 Å². The lowest BCUT2D eigenvalue weighted by atomic mass is 9.82. The van der Waals surface area contributed by atoms with Crippen LogP contribution in [0.15, 0.2) is 97.3 Å². The van der Waals surface area contributed by atoms with Gasteiger partial charge in [-0.15, -0.1) is 0 Å². The summed E-state index contributed by atoms with van der Waals surface area (Å²) >= 11 is 0. The Balaban J connectivity index is 0.000000225. The predicted octanol–water partition coefficient (Wildman–Crippen LogP) is 2.72. The van der Waals surface area contributed by atoms with Crippen molar-refractivity contribution in [1.82, 2.24) is 9.97 Å². The van der Waals surface area contributed by atoms with Crippen LogP contribution in [0.5, 0.6) is 17.5 Å². The van der Waals surface area contributed by atoms with Crippen LogP contribution in [0.4, 0.5) is 0 Å². The number of ether oxygens (including phenoxy) is 2. The average molecular weight is 464 g/mol. The fourth-order valence-corrected chi connectivity index (χ4v) is 2.55. The summed E-state index contributed by atoms with van der Waals surface area (Å²) in [6.45, 7) is 0.924. The zero-order valence-electron chi connectivity index (χ0n) is 18.2. The van der Waals surface area contributed by atoms with Gasteiger partial charge in [-0.1, -0.05) is 66.7 Å². The molecule has 9 nitrogen and oxygen atoms in total. The van der Waals surface area contributed by atoms with Crippen molar-refractivity contribution in [2.24, 2.45) is 0 Å². The van der Waals surface area contributed by atoms with Gasteiger partial charge in [0, 0.05) is 17.7 Å². The second-order valence-electron chi connectivity index (χ2n) is 6.71. The zero-order valence-corrected chi connectivity index (χ0v) is 18.2. The fraction of sp³-hybridized carbons (Fsp3) is 0.0833. The summed E-state index contributed by atoms with van der Waals surface area (Å²) in [4.78, 5) is 7.89. The van der Waals surface area contributed by atoms with Crippen molar-refractivity contribution in [1.29, 1.82) is 0 Å². The summed E-state index contributed by atoms with van der Waals surface area (Å²) in [6, 6.07) is 26.0. The largest absolute Gasteiger partial charge is 0.506 e. The molecule has 0 atom stereocenters. The third-order valence-electron chi connectivity index (χ3n) is 4.24. The molecule has 0 saturated heterocycles. The van der Waals surface area contributed by atoms with Gasteiger partial charge < -0.3 is 24.6 Å². The number of rotatable bonds is 7. The van der Waals surface area contributed by atoms with Gasteiger partial charge >= 0.3 is 7.12 Å². The highest BCUT2D eigenvalue weighted by Crippen LogP contribution is 2.13.